The number of nitrogens with zero attached hydrogens (tertiary/aromatic N) is 4. The number of H-pyrrole nitrogens is 1. The van der Waals surface area contributed by atoms with Crippen LogP contribution in [0.4, 0.5) is 17.6 Å². The van der Waals surface area contributed by atoms with Crippen molar-refractivity contribution in [3.8, 4) is 0 Å². The zero-order chi connectivity index (χ0) is 20.8. The van der Waals surface area contributed by atoms with Crippen molar-refractivity contribution in [1.82, 2.24) is 19.9 Å². The van der Waals surface area contributed by atoms with Gasteiger partial charge in [-0.1, -0.05) is 25.1 Å². The first kappa shape index (κ1) is 19.6. The molecule has 8 nitrogen and oxygen atoms in total. The summed E-state index contributed by atoms with van der Waals surface area (Å²) in [5, 5.41) is 8.95. The van der Waals surface area contributed by atoms with E-state index in [1.807, 2.05) is 18.2 Å². The number of anilines is 3. The highest BCUT2D eigenvalue weighted by atomic mass is 15.2. The van der Waals surface area contributed by atoms with Crippen LogP contribution < -0.4 is 16.4 Å². The fourth-order valence-corrected chi connectivity index (χ4v) is 3.36. The van der Waals surface area contributed by atoms with Gasteiger partial charge in [0.1, 0.15) is 5.82 Å². The second-order valence-corrected chi connectivity index (χ2v) is 7.04. The molecule has 154 valence electrons. The molecule has 4 aromatic rings. The van der Waals surface area contributed by atoms with E-state index >= 15 is 0 Å². The minimum Gasteiger partial charge on any atom is -0.390 e. The minimum atomic E-state index is 0.528. The molecule has 0 saturated heterocycles. The van der Waals surface area contributed by atoms with Gasteiger partial charge in [0, 0.05) is 47.0 Å². The number of aryl methyl sites for hydroxylation is 1. The molecule has 30 heavy (non-hydrogen) atoms. The van der Waals surface area contributed by atoms with Crippen LogP contribution >= 0.6 is 0 Å². The third-order valence-corrected chi connectivity index (χ3v) is 4.77. The Morgan fingerprint density at radius 2 is 1.87 bits per heavy atom. The Balaban J connectivity index is 1.60. The number of aromatic amines is 1. The van der Waals surface area contributed by atoms with Crippen molar-refractivity contribution in [1.29, 1.82) is 0 Å². The fourth-order valence-electron chi connectivity index (χ4n) is 3.36. The Bertz CT molecular complexity index is 1160. The molecule has 0 aliphatic rings. The van der Waals surface area contributed by atoms with Crippen LogP contribution in [0.1, 0.15) is 25.6 Å². The molecule has 0 spiro atoms. The molecular formula is C22H26N8. The highest BCUT2D eigenvalue weighted by molar-refractivity contribution is 6.08. The number of rotatable bonds is 9. The first-order valence-corrected chi connectivity index (χ1v) is 10.2. The Morgan fingerprint density at radius 1 is 1.03 bits per heavy atom. The van der Waals surface area contributed by atoms with Crippen molar-refractivity contribution < 1.29 is 0 Å². The molecule has 0 amide bonds. The number of nitrogens with one attached hydrogen (secondary N) is 3. The van der Waals surface area contributed by atoms with Crippen LogP contribution in [-0.4, -0.2) is 39.4 Å². The van der Waals surface area contributed by atoms with E-state index in [4.69, 9.17) is 5.73 Å². The van der Waals surface area contributed by atoms with Crippen LogP contribution in [-0.2, 0) is 6.42 Å². The van der Waals surface area contributed by atoms with Crippen molar-refractivity contribution >= 4 is 45.7 Å². The van der Waals surface area contributed by atoms with Gasteiger partial charge < -0.3 is 21.4 Å². The van der Waals surface area contributed by atoms with Crippen molar-refractivity contribution in [2.75, 3.05) is 23.7 Å². The summed E-state index contributed by atoms with van der Waals surface area (Å²) in [6, 6.07) is 14.5. The summed E-state index contributed by atoms with van der Waals surface area (Å²) >= 11 is 0. The SMILES string of the molecule is CCCNc1nc(CCCN=CN)nc(Nc2ccc3[nH]c4ccccc4c3c2)n1. The normalized spacial score (nSPS) is 11.5. The lowest BCUT2D eigenvalue weighted by atomic mass is 10.1. The predicted molar refractivity (Wildman–Crippen MR) is 124 cm³/mol. The molecular weight excluding hydrogens is 376 g/mol. The number of aliphatic imine (C=N–C) groups is 1. The van der Waals surface area contributed by atoms with E-state index in [1.54, 1.807) is 0 Å². The van der Waals surface area contributed by atoms with Crippen molar-refractivity contribution in [3.63, 3.8) is 0 Å². The lowest BCUT2D eigenvalue weighted by Gasteiger charge is -2.10. The van der Waals surface area contributed by atoms with E-state index in [0.717, 1.165) is 47.3 Å². The van der Waals surface area contributed by atoms with Crippen LogP contribution in [0.3, 0.4) is 0 Å². The fraction of sp³-hybridized carbons (Fsp3) is 0.273. The maximum atomic E-state index is 5.31. The van der Waals surface area contributed by atoms with Crippen molar-refractivity contribution in [2.45, 2.75) is 26.2 Å². The maximum absolute atomic E-state index is 5.31. The zero-order valence-corrected chi connectivity index (χ0v) is 17.0. The highest BCUT2D eigenvalue weighted by Crippen LogP contribution is 2.28. The van der Waals surface area contributed by atoms with E-state index < -0.39 is 0 Å². The number of para-hydroxylation sites is 1. The second kappa shape index (κ2) is 9.21. The molecule has 0 aliphatic carbocycles. The van der Waals surface area contributed by atoms with Crippen molar-refractivity contribution in [2.24, 2.45) is 10.7 Å². The third kappa shape index (κ3) is 4.48. The number of hydrogen-bond donors (Lipinski definition) is 4. The number of nitrogens with two attached hydrogens (primary N) is 1. The molecule has 4 rings (SSSR count). The Hall–Kier alpha value is -3.68. The molecule has 0 unspecified atom stereocenters. The molecule has 0 aliphatic heterocycles. The zero-order valence-electron chi connectivity index (χ0n) is 17.0. The van der Waals surface area contributed by atoms with Gasteiger partial charge in [-0.15, -0.1) is 0 Å². The number of fused-ring (bicyclic) bond motifs is 3. The standard InChI is InChI=1S/C22H26N8/c1-2-11-25-21-28-20(8-5-12-24-14-23)29-22(30-21)26-15-9-10-19-17(13-15)16-6-3-4-7-18(16)27-19/h3-4,6-7,9-10,13-14,27H,2,5,8,11-12H2,1H3,(H2,23,24)(H2,25,26,28,29,30). The van der Waals surface area contributed by atoms with Gasteiger partial charge in [-0.3, -0.25) is 4.99 Å². The van der Waals surface area contributed by atoms with Crippen LogP contribution in [0, 0.1) is 0 Å². The largest absolute Gasteiger partial charge is 0.390 e. The molecule has 0 atom stereocenters. The summed E-state index contributed by atoms with van der Waals surface area (Å²) in [6.45, 7) is 3.57. The van der Waals surface area contributed by atoms with E-state index in [9.17, 15) is 0 Å². The Labute approximate surface area is 175 Å². The monoisotopic (exact) mass is 402 g/mol. The predicted octanol–water partition coefficient (Wildman–Crippen LogP) is 3.99. The molecule has 0 bridgehead atoms. The van der Waals surface area contributed by atoms with Crippen LogP contribution in [0.15, 0.2) is 47.5 Å². The lowest BCUT2D eigenvalue weighted by Crippen LogP contribution is -2.10. The number of benzene rings is 2. The van der Waals surface area contributed by atoms with E-state index in [0.29, 0.717) is 24.9 Å². The van der Waals surface area contributed by atoms with Gasteiger partial charge in [0.25, 0.3) is 0 Å². The number of aromatic nitrogens is 4. The molecule has 5 N–H and O–H groups in total. The molecule has 8 heteroatoms. The quantitative estimate of drug-likeness (QED) is 0.191. The van der Waals surface area contributed by atoms with Gasteiger partial charge in [-0.2, -0.15) is 15.0 Å². The van der Waals surface area contributed by atoms with Gasteiger partial charge in [0.15, 0.2) is 0 Å². The summed E-state index contributed by atoms with van der Waals surface area (Å²) in [7, 11) is 0. The molecule has 0 saturated carbocycles. The molecule has 0 radical (unpaired) electrons. The molecule has 2 aromatic heterocycles. The number of hydrogen-bond acceptors (Lipinski definition) is 6. The molecule has 2 aromatic carbocycles. The minimum absolute atomic E-state index is 0.528. The smallest absolute Gasteiger partial charge is 0.232 e. The average molecular weight is 403 g/mol. The average Bonchev–Trinajstić information content (AvgIpc) is 3.13. The van der Waals surface area contributed by atoms with Crippen LogP contribution in [0.25, 0.3) is 21.8 Å². The van der Waals surface area contributed by atoms with Crippen molar-refractivity contribution in [3.05, 3.63) is 48.3 Å². The summed E-state index contributed by atoms with van der Waals surface area (Å²) < 4.78 is 0. The second-order valence-electron chi connectivity index (χ2n) is 7.04. The van der Waals surface area contributed by atoms with Gasteiger partial charge in [0.2, 0.25) is 11.9 Å². The van der Waals surface area contributed by atoms with Gasteiger partial charge >= 0.3 is 0 Å². The first-order valence-electron chi connectivity index (χ1n) is 10.2. The van der Waals surface area contributed by atoms with E-state index in [2.05, 4.69) is 66.8 Å². The topological polar surface area (TPSA) is 117 Å². The summed E-state index contributed by atoms with van der Waals surface area (Å²) in [4.78, 5) is 21.2. The highest BCUT2D eigenvalue weighted by Gasteiger charge is 2.09. The van der Waals surface area contributed by atoms with E-state index in [-0.39, 0.29) is 0 Å². The maximum Gasteiger partial charge on any atom is 0.232 e. The van der Waals surface area contributed by atoms with Crippen LogP contribution in [0.5, 0.6) is 0 Å². The lowest BCUT2D eigenvalue weighted by molar-refractivity contribution is 0.774. The van der Waals surface area contributed by atoms with Crippen LogP contribution in [0.2, 0.25) is 0 Å². The van der Waals surface area contributed by atoms with Gasteiger partial charge in [-0.05, 0) is 37.1 Å². The summed E-state index contributed by atoms with van der Waals surface area (Å²) in [5.74, 6) is 1.84. The molecule has 0 fully saturated rings. The third-order valence-electron chi connectivity index (χ3n) is 4.77. The Kier molecular flexibility index (Phi) is 6.03. The summed E-state index contributed by atoms with van der Waals surface area (Å²) in [5.41, 5.74) is 8.46. The van der Waals surface area contributed by atoms with Gasteiger partial charge in [0.05, 0.1) is 6.34 Å². The molecule has 2 heterocycles. The van der Waals surface area contributed by atoms with E-state index in [1.165, 1.54) is 11.7 Å². The van der Waals surface area contributed by atoms with Gasteiger partial charge in [-0.25, -0.2) is 0 Å². The summed E-state index contributed by atoms with van der Waals surface area (Å²) in [6.07, 6.45) is 3.85. The Morgan fingerprint density at radius 3 is 2.73 bits per heavy atom. The first-order chi connectivity index (χ1) is 14.8.